The Morgan fingerprint density at radius 1 is 1.44 bits per heavy atom. The van der Waals surface area contributed by atoms with Crippen LogP contribution in [-0.4, -0.2) is 47.8 Å². The number of nitrogens with one attached hydrogen (secondary N) is 2. The van der Waals surface area contributed by atoms with Gasteiger partial charge in [0, 0.05) is 25.2 Å². The van der Waals surface area contributed by atoms with Gasteiger partial charge in [0.2, 0.25) is 11.8 Å². The van der Waals surface area contributed by atoms with Crippen molar-refractivity contribution in [2.24, 2.45) is 5.92 Å². The number of halogens is 1. The molecule has 2 rings (SSSR count). The lowest BCUT2D eigenvalue weighted by atomic mass is 9.97. The second-order valence-electron chi connectivity index (χ2n) is 5.94. The van der Waals surface area contributed by atoms with E-state index in [1.54, 1.807) is 0 Å². The quantitative estimate of drug-likeness (QED) is 0.590. The minimum absolute atomic E-state index is 0.0195. The third-order valence-electron chi connectivity index (χ3n) is 4.03. The monoisotopic (exact) mass is 368 g/mol. The van der Waals surface area contributed by atoms with Crippen LogP contribution in [0.5, 0.6) is 0 Å². The Hall–Kier alpha value is -2.19. The van der Waals surface area contributed by atoms with Crippen molar-refractivity contribution in [3.05, 3.63) is 33.3 Å². The number of nitro benzene ring substituents is 1. The van der Waals surface area contributed by atoms with Crippen LogP contribution in [0.4, 0.5) is 11.4 Å². The molecule has 2 N–H and O–H groups in total. The molecule has 1 aliphatic heterocycles. The second kappa shape index (κ2) is 8.77. The predicted molar refractivity (Wildman–Crippen MR) is 94.6 cm³/mol. The third kappa shape index (κ3) is 5.40. The number of rotatable bonds is 6. The Labute approximate surface area is 150 Å². The number of amides is 2. The molecule has 1 aromatic rings. The summed E-state index contributed by atoms with van der Waals surface area (Å²) in [6.45, 7) is 3.89. The first-order chi connectivity index (χ1) is 11.9. The number of hydrogen-bond acceptors (Lipinski definition) is 5. The fourth-order valence-corrected chi connectivity index (χ4v) is 3.07. The smallest absolute Gasteiger partial charge is 0.271 e. The Morgan fingerprint density at radius 3 is 2.84 bits per heavy atom. The van der Waals surface area contributed by atoms with Crippen LogP contribution in [0.1, 0.15) is 19.8 Å². The van der Waals surface area contributed by atoms with Crippen molar-refractivity contribution >= 4 is 34.8 Å². The Balaban J connectivity index is 1.91. The standard InChI is InChI=1S/C16H21ClN4O4/c1-2-18-16(23)11-4-3-7-20(9-11)10-15(22)19-14-6-5-12(21(24)25)8-13(14)17/h5-6,8,11H,2-4,7,9-10H2,1H3,(H,18,23)(H,19,22). The van der Waals surface area contributed by atoms with Crippen LogP contribution in [-0.2, 0) is 9.59 Å². The van der Waals surface area contributed by atoms with Gasteiger partial charge in [0.15, 0.2) is 0 Å². The maximum Gasteiger partial charge on any atom is 0.271 e. The first kappa shape index (κ1) is 19.1. The van der Waals surface area contributed by atoms with Crippen LogP contribution in [0, 0.1) is 16.0 Å². The van der Waals surface area contributed by atoms with Gasteiger partial charge < -0.3 is 10.6 Å². The maximum atomic E-state index is 12.2. The third-order valence-corrected chi connectivity index (χ3v) is 4.34. The Bertz CT molecular complexity index is 668. The fraction of sp³-hybridized carbons (Fsp3) is 0.500. The van der Waals surface area contributed by atoms with Gasteiger partial charge in [-0.05, 0) is 32.4 Å². The Morgan fingerprint density at radius 2 is 2.20 bits per heavy atom. The summed E-state index contributed by atoms with van der Waals surface area (Å²) in [6.07, 6.45) is 1.67. The van der Waals surface area contributed by atoms with Crippen LogP contribution in [0.3, 0.4) is 0 Å². The van der Waals surface area contributed by atoms with Crippen LogP contribution >= 0.6 is 11.6 Å². The highest BCUT2D eigenvalue weighted by molar-refractivity contribution is 6.34. The first-order valence-corrected chi connectivity index (χ1v) is 8.52. The van der Waals surface area contributed by atoms with E-state index in [2.05, 4.69) is 10.6 Å². The molecule has 9 heteroatoms. The molecule has 0 bridgehead atoms. The maximum absolute atomic E-state index is 12.2. The number of piperidine rings is 1. The van der Waals surface area contributed by atoms with E-state index >= 15 is 0 Å². The second-order valence-corrected chi connectivity index (χ2v) is 6.35. The van der Waals surface area contributed by atoms with Gasteiger partial charge in [-0.1, -0.05) is 11.6 Å². The molecule has 1 aromatic carbocycles. The number of carbonyl (C=O) groups excluding carboxylic acids is 2. The molecule has 0 aromatic heterocycles. The molecule has 1 saturated heterocycles. The van der Waals surface area contributed by atoms with Gasteiger partial charge in [0.05, 0.1) is 28.1 Å². The summed E-state index contributed by atoms with van der Waals surface area (Å²) in [7, 11) is 0. The zero-order chi connectivity index (χ0) is 18.4. The molecule has 1 unspecified atom stereocenters. The van der Waals surface area contributed by atoms with Crippen molar-refractivity contribution in [3.8, 4) is 0 Å². The predicted octanol–water partition coefficient (Wildman–Crippen LogP) is 2.03. The molecule has 0 aliphatic carbocycles. The van der Waals surface area contributed by atoms with Crippen LogP contribution in [0.2, 0.25) is 5.02 Å². The fourth-order valence-electron chi connectivity index (χ4n) is 2.84. The van der Waals surface area contributed by atoms with Gasteiger partial charge in [0.1, 0.15) is 0 Å². The van der Waals surface area contributed by atoms with E-state index in [0.29, 0.717) is 18.8 Å². The molecular formula is C16H21ClN4O4. The Kier molecular flexibility index (Phi) is 6.72. The number of benzene rings is 1. The lowest BCUT2D eigenvalue weighted by Crippen LogP contribution is -2.45. The number of non-ortho nitro benzene ring substituents is 1. The van der Waals surface area contributed by atoms with E-state index < -0.39 is 4.92 Å². The number of carbonyl (C=O) groups is 2. The summed E-state index contributed by atoms with van der Waals surface area (Å²) in [4.78, 5) is 36.2. The van der Waals surface area contributed by atoms with E-state index in [9.17, 15) is 19.7 Å². The van der Waals surface area contributed by atoms with E-state index in [4.69, 9.17) is 11.6 Å². The summed E-state index contributed by atoms with van der Waals surface area (Å²) < 4.78 is 0. The highest BCUT2D eigenvalue weighted by Gasteiger charge is 2.26. The molecule has 0 radical (unpaired) electrons. The average molecular weight is 369 g/mol. The van der Waals surface area contributed by atoms with Crippen molar-refractivity contribution in [3.63, 3.8) is 0 Å². The zero-order valence-electron chi connectivity index (χ0n) is 14.0. The van der Waals surface area contributed by atoms with E-state index in [-0.39, 0.29) is 35.0 Å². The largest absolute Gasteiger partial charge is 0.356 e. The van der Waals surface area contributed by atoms with E-state index in [0.717, 1.165) is 19.4 Å². The van der Waals surface area contributed by atoms with Gasteiger partial charge in [-0.2, -0.15) is 0 Å². The lowest BCUT2D eigenvalue weighted by Gasteiger charge is -2.31. The molecule has 1 heterocycles. The number of likely N-dealkylation sites (tertiary alicyclic amines) is 1. The normalized spacial score (nSPS) is 17.8. The van der Waals surface area contributed by atoms with Crippen LogP contribution in [0.15, 0.2) is 18.2 Å². The molecule has 136 valence electrons. The average Bonchev–Trinajstić information content (AvgIpc) is 2.57. The molecule has 1 fully saturated rings. The van der Waals surface area contributed by atoms with Crippen molar-refractivity contribution in [2.45, 2.75) is 19.8 Å². The van der Waals surface area contributed by atoms with Gasteiger partial charge in [-0.3, -0.25) is 24.6 Å². The van der Waals surface area contributed by atoms with Gasteiger partial charge in [-0.25, -0.2) is 0 Å². The van der Waals surface area contributed by atoms with Crippen LogP contribution < -0.4 is 10.6 Å². The topological polar surface area (TPSA) is 105 Å². The van der Waals surface area contributed by atoms with E-state index in [1.807, 2.05) is 11.8 Å². The van der Waals surface area contributed by atoms with Gasteiger partial charge in [-0.15, -0.1) is 0 Å². The highest BCUT2D eigenvalue weighted by Crippen LogP contribution is 2.26. The SMILES string of the molecule is CCNC(=O)C1CCCN(CC(=O)Nc2ccc([N+](=O)[O-])cc2Cl)C1. The van der Waals surface area contributed by atoms with Crippen molar-refractivity contribution in [1.29, 1.82) is 0 Å². The van der Waals surface area contributed by atoms with Crippen molar-refractivity contribution in [1.82, 2.24) is 10.2 Å². The highest BCUT2D eigenvalue weighted by atomic mass is 35.5. The summed E-state index contributed by atoms with van der Waals surface area (Å²) >= 11 is 5.97. The zero-order valence-corrected chi connectivity index (χ0v) is 14.7. The molecule has 1 aliphatic rings. The molecular weight excluding hydrogens is 348 g/mol. The molecule has 0 saturated carbocycles. The summed E-state index contributed by atoms with van der Waals surface area (Å²) in [5, 5.41) is 16.3. The lowest BCUT2D eigenvalue weighted by molar-refractivity contribution is -0.384. The number of hydrogen-bond donors (Lipinski definition) is 2. The molecule has 2 amide bonds. The van der Waals surface area contributed by atoms with Crippen molar-refractivity contribution < 1.29 is 14.5 Å². The first-order valence-electron chi connectivity index (χ1n) is 8.14. The summed E-state index contributed by atoms with van der Waals surface area (Å²) in [5.74, 6) is -0.359. The van der Waals surface area contributed by atoms with Crippen molar-refractivity contribution in [2.75, 3.05) is 31.5 Å². The minimum atomic E-state index is -0.549. The summed E-state index contributed by atoms with van der Waals surface area (Å²) in [5.41, 5.74) is 0.193. The molecule has 1 atom stereocenters. The summed E-state index contributed by atoms with van der Waals surface area (Å²) in [6, 6.07) is 3.89. The minimum Gasteiger partial charge on any atom is -0.356 e. The van der Waals surface area contributed by atoms with Crippen LogP contribution in [0.25, 0.3) is 0 Å². The van der Waals surface area contributed by atoms with E-state index in [1.165, 1.54) is 18.2 Å². The molecule has 0 spiro atoms. The molecule has 25 heavy (non-hydrogen) atoms. The number of nitro groups is 1. The number of nitrogens with zero attached hydrogens (tertiary/aromatic N) is 2. The number of anilines is 1. The van der Waals surface area contributed by atoms with Gasteiger partial charge in [0.25, 0.3) is 5.69 Å². The molecule has 8 nitrogen and oxygen atoms in total. The van der Waals surface area contributed by atoms with Gasteiger partial charge >= 0.3 is 0 Å².